The topological polar surface area (TPSA) is 104 Å². The fraction of sp³-hybridized carbons (Fsp3) is 1.00. The molecule has 2 aliphatic rings. The van der Waals surface area contributed by atoms with E-state index in [-0.39, 0.29) is 0 Å². The molecule has 0 amide bonds. The van der Waals surface area contributed by atoms with Gasteiger partial charge in [-0.25, -0.2) is 0 Å². The molecule has 14 heavy (non-hydrogen) atoms. The third kappa shape index (κ3) is 3.53. The standard InChI is InChI=1S/2C5H12N2/c2*6-4-2-1-3-5(4)7/h2*4-5H,1-3,6-7H2. The molecule has 4 unspecified atom stereocenters. The van der Waals surface area contributed by atoms with Gasteiger partial charge < -0.3 is 22.9 Å². The van der Waals surface area contributed by atoms with Crippen molar-refractivity contribution in [3.05, 3.63) is 0 Å². The van der Waals surface area contributed by atoms with Gasteiger partial charge in [0.05, 0.1) is 0 Å². The number of hydrogen-bond acceptors (Lipinski definition) is 4. The molecule has 2 fully saturated rings. The summed E-state index contributed by atoms with van der Waals surface area (Å²) in [5.41, 5.74) is 22.2. The van der Waals surface area contributed by atoms with Crippen LogP contribution in [-0.4, -0.2) is 24.2 Å². The highest BCUT2D eigenvalue weighted by molar-refractivity contribution is 4.82. The normalized spacial score (nSPS) is 42.0. The largest absolute Gasteiger partial charge is 0.326 e. The monoisotopic (exact) mass is 200 g/mol. The lowest BCUT2D eigenvalue weighted by Crippen LogP contribution is -2.35. The van der Waals surface area contributed by atoms with Crippen LogP contribution in [0.15, 0.2) is 0 Å². The van der Waals surface area contributed by atoms with E-state index >= 15 is 0 Å². The molecule has 4 heteroatoms. The van der Waals surface area contributed by atoms with Gasteiger partial charge in [0.15, 0.2) is 0 Å². The molecule has 0 aromatic rings. The molecule has 4 atom stereocenters. The molecule has 8 N–H and O–H groups in total. The molecule has 84 valence electrons. The SMILES string of the molecule is NC1CCCC1N.NC1CCCC1N. The first-order valence-corrected chi connectivity index (χ1v) is 5.63. The maximum absolute atomic E-state index is 5.55. The minimum atomic E-state index is 0.292. The summed E-state index contributed by atoms with van der Waals surface area (Å²) in [6.07, 6.45) is 6.95. The highest BCUT2D eigenvalue weighted by Gasteiger charge is 2.19. The minimum absolute atomic E-state index is 0.292. The second-order valence-electron chi connectivity index (χ2n) is 4.52. The van der Waals surface area contributed by atoms with Crippen LogP contribution >= 0.6 is 0 Å². The van der Waals surface area contributed by atoms with Crippen molar-refractivity contribution in [3.63, 3.8) is 0 Å². The summed E-state index contributed by atoms with van der Waals surface area (Å²) in [5.74, 6) is 0. The Balaban J connectivity index is 0.000000140. The maximum Gasteiger partial charge on any atom is 0.0192 e. The molecule has 0 radical (unpaired) electrons. The molecule has 0 bridgehead atoms. The minimum Gasteiger partial charge on any atom is -0.326 e. The van der Waals surface area contributed by atoms with Gasteiger partial charge in [-0.2, -0.15) is 0 Å². The van der Waals surface area contributed by atoms with Crippen LogP contribution in [0, 0.1) is 0 Å². The smallest absolute Gasteiger partial charge is 0.0192 e. The zero-order valence-corrected chi connectivity index (χ0v) is 8.86. The average Bonchev–Trinajstić information content (AvgIpc) is 2.67. The van der Waals surface area contributed by atoms with Gasteiger partial charge >= 0.3 is 0 Å². The molecule has 0 spiro atoms. The molecular weight excluding hydrogens is 176 g/mol. The van der Waals surface area contributed by atoms with E-state index in [4.69, 9.17) is 22.9 Å². The van der Waals surface area contributed by atoms with Crippen LogP contribution in [0.2, 0.25) is 0 Å². The van der Waals surface area contributed by atoms with Crippen LogP contribution in [0.4, 0.5) is 0 Å². The van der Waals surface area contributed by atoms with Crippen LogP contribution in [-0.2, 0) is 0 Å². The van der Waals surface area contributed by atoms with Gasteiger partial charge in [-0.05, 0) is 25.7 Å². The van der Waals surface area contributed by atoms with Gasteiger partial charge in [-0.3, -0.25) is 0 Å². The van der Waals surface area contributed by atoms with E-state index in [0.29, 0.717) is 24.2 Å². The second kappa shape index (κ2) is 5.66. The van der Waals surface area contributed by atoms with Crippen molar-refractivity contribution in [1.82, 2.24) is 0 Å². The quantitative estimate of drug-likeness (QED) is 0.429. The van der Waals surface area contributed by atoms with E-state index in [9.17, 15) is 0 Å². The Hall–Kier alpha value is -0.160. The van der Waals surface area contributed by atoms with E-state index in [2.05, 4.69) is 0 Å². The molecule has 2 rings (SSSR count). The summed E-state index contributed by atoms with van der Waals surface area (Å²) in [6.45, 7) is 0. The molecular formula is C10H24N4. The van der Waals surface area contributed by atoms with Gasteiger partial charge in [0.2, 0.25) is 0 Å². The molecule has 2 saturated carbocycles. The summed E-state index contributed by atoms with van der Waals surface area (Å²) in [6, 6.07) is 1.17. The first kappa shape index (κ1) is 11.9. The third-order valence-corrected chi connectivity index (χ3v) is 3.25. The Labute approximate surface area is 86.4 Å². The van der Waals surface area contributed by atoms with Gasteiger partial charge in [-0.15, -0.1) is 0 Å². The maximum atomic E-state index is 5.55. The molecule has 0 heterocycles. The second-order valence-corrected chi connectivity index (χ2v) is 4.52. The lowest BCUT2D eigenvalue weighted by atomic mass is 10.2. The Morgan fingerprint density at radius 2 is 0.714 bits per heavy atom. The highest BCUT2D eigenvalue weighted by Crippen LogP contribution is 2.14. The Morgan fingerprint density at radius 3 is 0.786 bits per heavy atom. The van der Waals surface area contributed by atoms with Gasteiger partial charge in [0.1, 0.15) is 0 Å². The van der Waals surface area contributed by atoms with Crippen molar-refractivity contribution in [3.8, 4) is 0 Å². The zero-order valence-electron chi connectivity index (χ0n) is 8.86. The Bertz CT molecular complexity index is 128. The van der Waals surface area contributed by atoms with Crippen molar-refractivity contribution in [1.29, 1.82) is 0 Å². The fourth-order valence-electron chi connectivity index (χ4n) is 2.03. The van der Waals surface area contributed by atoms with E-state index in [1.54, 1.807) is 0 Å². The van der Waals surface area contributed by atoms with Crippen molar-refractivity contribution >= 4 is 0 Å². The van der Waals surface area contributed by atoms with Crippen molar-refractivity contribution < 1.29 is 0 Å². The number of hydrogen-bond donors (Lipinski definition) is 4. The van der Waals surface area contributed by atoms with Crippen LogP contribution in [0.25, 0.3) is 0 Å². The van der Waals surface area contributed by atoms with Crippen LogP contribution in [0.5, 0.6) is 0 Å². The molecule has 0 aromatic heterocycles. The summed E-state index contributed by atoms with van der Waals surface area (Å²) < 4.78 is 0. The van der Waals surface area contributed by atoms with Crippen LogP contribution in [0.1, 0.15) is 38.5 Å². The first-order valence-electron chi connectivity index (χ1n) is 5.63. The predicted molar refractivity (Wildman–Crippen MR) is 59.6 cm³/mol. The summed E-state index contributed by atoms with van der Waals surface area (Å²) in [5, 5.41) is 0. The van der Waals surface area contributed by atoms with Crippen molar-refractivity contribution in [2.45, 2.75) is 62.7 Å². The van der Waals surface area contributed by atoms with Crippen LogP contribution in [0.3, 0.4) is 0 Å². The summed E-state index contributed by atoms with van der Waals surface area (Å²) in [4.78, 5) is 0. The fourth-order valence-corrected chi connectivity index (χ4v) is 2.03. The van der Waals surface area contributed by atoms with Gasteiger partial charge in [0.25, 0.3) is 0 Å². The molecule has 0 aliphatic heterocycles. The van der Waals surface area contributed by atoms with Gasteiger partial charge in [-0.1, -0.05) is 12.8 Å². The Kier molecular flexibility index (Phi) is 4.81. The predicted octanol–water partition coefficient (Wildman–Crippen LogP) is -0.350. The highest BCUT2D eigenvalue weighted by atomic mass is 14.8. The van der Waals surface area contributed by atoms with Crippen molar-refractivity contribution in [2.75, 3.05) is 0 Å². The van der Waals surface area contributed by atoms with E-state index < -0.39 is 0 Å². The number of rotatable bonds is 0. The molecule has 0 aromatic carbocycles. The van der Waals surface area contributed by atoms with E-state index in [0.717, 1.165) is 25.7 Å². The summed E-state index contributed by atoms with van der Waals surface area (Å²) in [7, 11) is 0. The average molecular weight is 200 g/mol. The van der Waals surface area contributed by atoms with E-state index in [1.807, 2.05) is 0 Å². The van der Waals surface area contributed by atoms with Gasteiger partial charge in [0, 0.05) is 24.2 Å². The molecule has 4 nitrogen and oxygen atoms in total. The third-order valence-electron chi connectivity index (χ3n) is 3.25. The molecule has 2 aliphatic carbocycles. The Morgan fingerprint density at radius 1 is 0.500 bits per heavy atom. The van der Waals surface area contributed by atoms with Crippen LogP contribution < -0.4 is 22.9 Å². The lowest BCUT2D eigenvalue weighted by molar-refractivity contribution is 0.603. The summed E-state index contributed by atoms with van der Waals surface area (Å²) >= 11 is 0. The number of nitrogens with two attached hydrogens (primary N) is 4. The van der Waals surface area contributed by atoms with E-state index in [1.165, 1.54) is 12.8 Å². The lowest BCUT2D eigenvalue weighted by Gasteiger charge is -2.05. The first-order chi connectivity index (χ1) is 6.61. The zero-order chi connectivity index (χ0) is 10.6. The molecule has 0 saturated heterocycles. The van der Waals surface area contributed by atoms with Crippen molar-refractivity contribution in [2.24, 2.45) is 22.9 Å².